The first-order valence-corrected chi connectivity index (χ1v) is 51.5. The molecule has 0 amide bonds. The minimum Gasteiger partial charge on any atom is -0.475 e. The van der Waals surface area contributed by atoms with Crippen LogP contribution in [-0.2, 0) is 5.41 Å². The van der Waals surface area contributed by atoms with Crippen LogP contribution in [0.1, 0.15) is 304 Å². The summed E-state index contributed by atoms with van der Waals surface area (Å²) in [6, 6.07) is 19.8. The van der Waals surface area contributed by atoms with E-state index >= 15 is 0 Å². The summed E-state index contributed by atoms with van der Waals surface area (Å²) >= 11 is 14.7. The molecule has 0 aliphatic heterocycles. The van der Waals surface area contributed by atoms with Crippen LogP contribution in [0, 0.1) is 131 Å². The zero-order valence-corrected chi connectivity index (χ0v) is 86.8. The van der Waals surface area contributed by atoms with Gasteiger partial charge >= 0.3 is 0 Å². The lowest BCUT2D eigenvalue weighted by molar-refractivity contribution is 0.124. The van der Waals surface area contributed by atoms with Crippen LogP contribution in [0.2, 0.25) is 0 Å². The number of hydrogen-bond acceptors (Lipinski definition) is 27. The quantitative estimate of drug-likeness (QED) is 0.0821. The first-order valence-electron chi connectivity index (χ1n) is 43.7. The van der Waals surface area contributed by atoms with Crippen LogP contribution >= 0.6 is 103 Å². The maximum atomic E-state index is 5.65. The minimum atomic E-state index is -0.238. The summed E-state index contributed by atoms with van der Waals surface area (Å²) in [5, 5.41) is 22.8. The Morgan fingerprint density at radius 2 is 0.617 bits per heavy atom. The average Bonchev–Trinajstić information content (AvgIpc) is 1.27. The molecule has 2 aliphatic carbocycles. The van der Waals surface area contributed by atoms with Crippen molar-refractivity contribution >= 4 is 103 Å². The van der Waals surface area contributed by atoms with E-state index in [9.17, 15) is 0 Å². The normalized spacial score (nSPS) is 12.2. The van der Waals surface area contributed by atoms with Crippen molar-refractivity contribution in [3.05, 3.63) is 285 Å². The van der Waals surface area contributed by atoms with E-state index < -0.39 is 0 Å². The molecule has 18 nitrogen and oxygen atoms in total. The lowest BCUT2D eigenvalue weighted by Gasteiger charge is -2.20. The number of nitrogens with zero attached hydrogens (tertiary/aromatic N) is 16. The van der Waals surface area contributed by atoms with E-state index in [0.717, 1.165) is 136 Å². The lowest BCUT2D eigenvalue weighted by atomic mass is 9.86. The van der Waals surface area contributed by atoms with Crippen molar-refractivity contribution in [3.8, 4) is 94.6 Å². The SMILES string of the molecule is Cc1nc(C#Cc2ccc(C(C)(C)C)nc2)cs1.Cc1nc(C#Cc2ccc(C3CCCCC3)nc2)cs1.Cc1nc(C#Cc2ccc(OC(C)(C)C)nc2)cs1.Cc1nc(C#Cc2ccc(OC(C)C)nc2)cs1.Cc1nc(C#Cc2ccc(SC(C)(C)C)nc2)cs1.Cc1nc(C#Cc2cnc(C3CCCCC3)nc2)cs1.Cc1nc(C#Cc2cnc(SC(C)(C)C)nc2)cs1. The standard InChI is InChI=1S/C17H18N2S.C16H17N3S.C15H16N2OS.C15H16N2S2.C15H16N2S.C14H15N3S2.C14H14N2OS/c1-13-19-16(12-20-13)9-7-14-8-10-17(18-11-14)15-5-3-2-4-6-15;1-12-19-15(11-20-12)8-7-13-9-17-16(18-10-13)14-5-3-2-4-6-14;1-11-17-13(10-19-11)7-5-12-6-8-14(16-9-12)18-15(2,3)4;1-11-17-13(10-18-11)7-5-12-6-8-14(16-9-12)19-15(2,3)4;1-11-17-13(10-18-11)7-5-12-6-8-14(16-9-12)15(2,3)4;1-10-17-12(9-18-10)6-5-11-7-15-13(16-8-11)19-14(2,3)4;1-10(2)17-14-7-5-12(8-15-14)4-6-13-9-18-11(3)16-13/h8,10-12,15H,2-6H2,1H3;9-11,14H,2-6H2,1H3;2*6,8-10H,1-4H3;6,8-10H,1-4H3;7-9H,1-4H3;5,7-10H,1-3H3. The monoisotopic (exact) mass is 1930 g/mol. The molecule has 0 spiro atoms. The Morgan fingerprint density at radius 1 is 0.308 bits per heavy atom. The van der Waals surface area contributed by atoms with Gasteiger partial charge in [-0.2, -0.15) is 0 Å². The van der Waals surface area contributed by atoms with Crippen molar-refractivity contribution < 1.29 is 9.47 Å². The van der Waals surface area contributed by atoms with E-state index in [1.165, 1.54) is 69.9 Å². The molecule has 682 valence electrons. The van der Waals surface area contributed by atoms with Crippen LogP contribution in [0.15, 0.2) is 164 Å². The number of ether oxygens (including phenoxy) is 2. The van der Waals surface area contributed by atoms with Crippen LogP contribution in [0.5, 0.6) is 11.8 Å². The van der Waals surface area contributed by atoms with Gasteiger partial charge in [0.15, 0.2) is 5.16 Å². The van der Waals surface area contributed by atoms with E-state index in [-0.39, 0.29) is 26.6 Å². The molecule has 2 fully saturated rings. The largest absolute Gasteiger partial charge is 0.475 e. The maximum Gasteiger partial charge on any atom is 0.213 e. The zero-order chi connectivity index (χ0) is 95.3. The number of thiazole rings is 7. The topological polar surface area (TPSA) is 225 Å². The van der Waals surface area contributed by atoms with Crippen molar-refractivity contribution in [2.24, 2.45) is 0 Å². The third kappa shape index (κ3) is 40.1. The minimum absolute atomic E-state index is 0.0813. The number of pyridine rings is 5. The fourth-order valence-corrected chi connectivity index (χ4v) is 17.5. The highest BCUT2D eigenvalue weighted by molar-refractivity contribution is 8.00. The van der Waals surface area contributed by atoms with Crippen LogP contribution < -0.4 is 9.47 Å². The lowest BCUT2D eigenvalue weighted by Crippen LogP contribution is -2.23. The van der Waals surface area contributed by atoms with E-state index in [0.29, 0.717) is 23.6 Å². The number of aryl methyl sites for hydroxylation is 7. The highest BCUT2D eigenvalue weighted by Gasteiger charge is 2.21. The van der Waals surface area contributed by atoms with Gasteiger partial charge in [-0.1, -0.05) is 154 Å². The first kappa shape index (κ1) is 104. The fraction of sp³-hybridized carbons (Fsp3) is 0.358. The van der Waals surface area contributed by atoms with Gasteiger partial charge in [-0.3, -0.25) is 9.97 Å². The number of rotatable bonds is 7. The van der Waals surface area contributed by atoms with Crippen molar-refractivity contribution in [2.45, 2.75) is 258 Å². The molecule has 0 N–H and O–H groups in total. The van der Waals surface area contributed by atoms with Crippen molar-refractivity contribution in [1.82, 2.24) is 79.7 Å². The highest BCUT2D eigenvalue weighted by atomic mass is 32.2. The average molecular weight is 1930 g/mol. The summed E-state index contributed by atoms with van der Waals surface area (Å²) in [5.74, 6) is 46.2. The molecule has 0 aromatic carbocycles. The molecule has 0 atom stereocenters. The smallest absolute Gasteiger partial charge is 0.213 e. The van der Waals surface area contributed by atoms with Crippen LogP contribution in [0.3, 0.4) is 0 Å². The maximum absolute atomic E-state index is 5.65. The predicted molar refractivity (Wildman–Crippen MR) is 553 cm³/mol. The van der Waals surface area contributed by atoms with E-state index in [1.54, 1.807) is 128 Å². The van der Waals surface area contributed by atoms with E-state index in [2.05, 4.69) is 237 Å². The molecule has 14 heterocycles. The zero-order valence-electron chi connectivity index (χ0n) is 79.5. The Morgan fingerprint density at radius 3 is 0.902 bits per heavy atom. The molecule has 27 heteroatoms. The number of aromatic nitrogens is 16. The Kier molecular flexibility index (Phi) is 40.3. The van der Waals surface area contributed by atoms with Gasteiger partial charge in [0.2, 0.25) is 11.8 Å². The fourth-order valence-electron chi connectivity index (χ4n) is 12.0. The molecule has 16 rings (SSSR count). The summed E-state index contributed by atoms with van der Waals surface area (Å²) in [6.45, 7) is 43.2. The van der Waals surface area contributed by atoms with Gasteiger partial charge in [0.1, 0.15) is 51.3 Å². The predicted octanol–water partition coefficient (Wildman–Crippen LogP) is 25.7. The molecule has 2 saturated carbocycles. The van der Waals surface area contributed by atoms with Crippen molar-refractivity contribution in [1.29, 1.82) is 0 Å². The Labute approximate surface area is 823 Å². The van der Waals surface area contributed by atoms with Crippen LogP contribution in [-0.4, -0.2) is 101 Å². The van der Waals surface area contributed by atoms with Gasteiger partial charge in [0.25, 0.3) is 0 Å². The summed E-state index contributed by atoms with van der Waals surface area (Å²) in [6.07, 6.45) is 29.4. The number of thioether (sulfide) groups is 2. The highest BCUT2D eigenvalue weighted by Crippen LogP contribution is 2.34. The third-order valence-corrected chi connectivity index (χ3v) is 25.6. The summed E-state index contributed by atoms with van der Waals surface area (Å²) < 4.78 is 11.4. The van der Waals surface area contributed by atoms with Crippen LogP contribution in [0.25, 0.3) is 0 Å². The molecule has 14 aromatic heterocycles. The van der Waals surface area contributed by atoms with Gasteiger partial charge in [0.05, 0.1) is 57.3 Å². The second-order valence-corrected chi connectivity index (χ2v) is 46.0. The molecule has 2 aliphatic rings. The van der Waals surface area contributed by atoms with E-state index in [4.69, 9.17) is 9.47 Å². The van der Waals surface area contributed by atoms with E-state index in [1.807, 2.05) is 200 Å². The van der Waals surface area contributed by atoms with Crippen molar-refractivity contribution in [2.75, 3.05) is 0 Å². The van der Waals surface area contributed by atoms with Gasteiger partial charge < -0.3 is 9.47 Å². The third-order valence-electron chi connectivity index (χ3n) is 18.1. The second-order valence-electron chi connectivity index (χ2n) is 34.9. The van der Waals surface area contributed by atoms with Crippen molar-refractivity contribution in [3.63, 3.8) is 0 Å². The van der Waals surface area contributed by atoms with Crippen LogP contribution in [0.4, 0.5) is 0 Å². The summed E-state index contributed by atoms with van der Waals surface area (Å²) in [7, 11) is 0. The Bertz CT molecular complexity index is 6100. The molecule has 0 bridgehead atoms. The molecule has 133 heavy (non-hydrogen) atoms. The van der Waals surface area contributed by atoms with Gasteiger partial charge in [-0.05, 0) is 199 Å². The molecule has 0 saturated heterocycles. The Balaban J connectivity index is 0.000000161. The summed E-state index contributed by atoms with van der Waals surface area (Å²) in [5.41, 5.74) is 14.1. The Hall–Kier alpha value is -11.5. The number of hydrogen-bond donors (Lipinski definition) is 0. The first-order chi connectivity index (χ1) is 63.5. The molecular formula is C106H112N16O2S9. The summed E-state index contributed by atoms with van der Waals surface area (Å²) in [4.78, 5) is 69.7. The second kappa shape index (κ2) is 51.7. The van der Waals surface area contributed by atoms with Gasteiger partial charge in [0, 0.05) is 172 Å². The van der Waals surface area contributed by atoms with Gasteiger partial charge in [-0.15, -0.1) is 91.1 Å². The molecule has 0 unspecified atom stereocenters. The molecular weight excluding hydrogens is 1820 g/mol. The van der Waals surface area contributed by atoms with Gasteiger partial charge in [-0.25, -0.2) is 69.8 Å². The molecule has 0 radical (unpaired) electrons. The molecule has 14 aromatic rings.